The van der Waals surface area contributed by atoms with Crippen LogP contribution in [0.25, 0.3) is 0 Å². The van der Waals surface area contributed by atoms with Gasteiger partial charge in [0.15, 0.2) is 4.77 Å². The first kappa shape index (κ1) is 9.45. The highest BCUT2D eigenvalue weighted by Crippen LogP contribution is 2.17. The van der Waals surface area contributed by atoms with Gasteiger partial charge in [-0.1, -0.05) is 20.3 Å². The summed E-state index contributed by atoms with van der Waals surface area (Å²) >= 11 is 5.02. The van der Waals surface area contributed by atoms with Gasteiger partial charge in [0, 0.05) is 13.0 Å². The average Bonchev–Trinajstić information content (AvgIpc) is 2.34. The molecule has 0 saturated heterocycles. The number of nitrogens with zero attached hydrogens (tertiary/aromatic N) is 2. The normalized spacial score (nSPS) is 13.2. The van der Waals surface area contributed by atoms with Crippen molar-refractivity contribution < 1.29 is 0 Å². The molecule has 0 amide bonds. The molecule has 0 saturated carbocycles. The van der Waals surface area contributed by atoms with Gasteiger partial charge in [0.05, 0.1) is 0 Å². The molecule has 1 N–H and O–H groups in total. The van der Waals surface area contributed by atoms with Crippen LogP contribution >= 0.6 is 12.2 Å². The van der Waals surface area contributed by atoms with Gasteiger partial charge in [-0.3, -0.25) is 5.10 Å². The zero-order chi connectivity index (χ0) is 9.14. The minimum Gasteiger partial charge on any atom is -0.307 e. The lowest BCUT2D eigenvalue weighted by Crippen LogP contribution is -2.02. The summed E-state index contributed by atoms with van der Waals surface area (Å²) < 4.78 is 2.64. The Bertz CT molecular complexity index is 299. The van der Waals surface area contributed by atoms with E-state index < -0.39 is 0 Å². The predicted octanol–water partition coefficient (Wildman–Crippen LogP) is 2.38. The predicted molar refractivity (Wildman–Crippen MR) is 51.7 cm³/mol. The first-order valence-corrected chi connectivity index (χ1v) is 4.69. The molecule has 0 bridgehead atoms. The third-order valence-corrected chi connectivity index (χ3v) is 2.44. The standard InChI is InChI=1S/C8H15N3S/c1-4-5-6(2)7-9-10-8(12)11(7)3/h6H,4-5H2,1-3H3,(H,10,12). The van der Waals surface area contributed by atoms with Gasteiger partial charge in [-0.05, 0) is 18.6 Å². The molecule has 4 heteroatoms. The van der Waals surface area contributed by atoms with Crippen molar-refractivity contribution >= 4 is 12.2 Å². The van der Waals surface area contributed by atoms with Crippen molar-refractivity contribution in [3.8, 4) is 0 Å². The van der Waals surface area contributed by atoms with Crippen LogP contribution in [0, 0.1) is 4.77 Å². The monoisotopic (exact) mass is 185 g/mol. The summed E-state index contributed by atoms with van der Waals surface area (Å²) in [6.45, 7) is 4.35. The van der Waals surface area contributed by atoms with Crippen molar-refractivity contribution in [2.24, 2.45) is 7.05 Å². The third kappa shape index (κ3) is 1.75. The molecule has 68 valence electrons. The van der Waals surface area contributed by atoms with E-state index in [1.54, 1.807) is 0 Å². The molecule has 1 unspecified atom stereocenters. The summed E-state index contributed by atoms with van der Waals surface area (Å²) in [7, 11) is 1.95. The van der Waals surface area contributed by atoms with Crippen molar-refractivity contribution in [1.29, 1.82) is 0 Å². The molecule has 0 aliphatic rings. The van der Waals surface area contributed by atoms with E-state index >= 15 is 0 Å². The maximum Gasteiger partial charge on any atom is 0.194 e. The van der Waals surface area contributed by atoms with Crippen molar-refractivity contribution in [3.63, 3.8) is 0 Å². The molecule has 0 radical (unpaired) electrons. The number of hydrogen-bond acceptors (Lipinski definition) is 2. The van der Waals surface area contributed by atoms with Crippen molar-refractivity contribution in [2.45, 2.75) is 32.6 Å². The van der Waals surface area contributed by atoms with E-state index in [4.69, 9.17) is 12.2 Å². The van der Waals surface area contributed by atoms with Gasteiger partial charge >= 0.3 is 0 Å². The minimum absolute atomic E-state index is 0.493. The van der Waals surface area contributed by atoms with Crippen LogP contribution in [0.2, 0.25) is 0 Å². The van der Waals surface area contributed by atoms with Gasteiger partial charge in [0.25, 0.3) is 0 Å². The molecule has 0 aliphatic carbocycles. The van der Waals surface area contributed by atoms with Gasteiger partial charge in [0.1, 0.15) is 5.82 Å². The second-order valence-corrected chi connectivity index (χ2v) is 3.52. The van der Waals surface area contributed by atoms with E-state index in [9.17, 15) is 0 Å². The molecule has 1 atom stereocenters. The second-order valence-electron chi connectivity index (χ2n) is 3.14. The fourth-order valence-corrected chi connectivity index (χ4v) is 1.50. The van der Waals surface area contributed by atoms with Gasteiger partial charge in [0.2, 0.25) is 0 Å². The topological polar surface area (TPSA) is 33.6 Å². The summed E-state index contributed by atoms with van der Waals surface area (Å²) in [6, 6.07) is 0. The summed E-state index contributed by atoms with van der Waals surface area (Å²) in [4.78, 5) is 0. The minimum atomic E-state index is 0.493. The summed E-state index contributed by atoms with van der Waals surface area (Å²) in [5.41, 5.74) is 0. The van der Waals surface area contributed by atoms with Crippen molar-refractivity contribution in [1.82, 2.24) is 14.8 Å². The SMILES string of the molecule is CCCC(C)c1n[nH]c(=S)n1C. The number of nitrogens with one attached hydrogen (secondary N) is 1. The number of H-pyrrole nitrogens is 1. The largest absolute Gasteiger partial charge is 0.307 e. The van der Waals surface area contributed by atoms with Gasteiger partial charge in [-0.15, -0.1) is 0 Å². The van der Waals surface area contributed by atoms with Crippen LogP contribution in [0.5, 0.6) is 0 Å². The van der Waals surface area contributed by atoms with Crippen LogP contribution in [0.4, 0.5) is 0 Å². The van der Waals surface area contributed by atoms with Crippen molar-refractivity contribution in [3.05, 3.63) is 10.6 Å². The Morgan fingerprint density at radius 1 is 1.67 bits per heavy atom. The number of hydrogen-bond donors (Lipinski definition) is 1. The highest BCUT2D eigenvalue weighted by Gasteiger charge is 2.10. The van der Waals surface area contributed by atoms with Crippen LogP contribution < -0.4 is 0 Å². The molecular formula is C8H15N3S. The van der Waals surface area contributed by atoms with Gasteiger partial charge < -0.3 is 4.57 Å². The van der Waals surface area contributed by atoms with Crippen LogP contribution in [-0.2, 0) is 7.05 Å². The Morgan fingerprint density at radius 2 is 2.33 bits per heavy atom. The fraction of sp³-hybridized carbons (Fsp3) is 0.750. The molecule has 0 spiro atoms. The van der Waals surface area contributed by atoms with E-state index in [1.165, 1.54) is 6.42 Å². The first-order chi connectivity index (χ1) is 5.66. The van der Waals surface area contributed by atoms with E-state index in [0.717, 1.165) is 12.2 Å². The number of aromatic amines is 1. The van der Waals surface area contributed by atoms with E-state index in [-0.39, 0.29) is 0 Å². The molecule has 1 heterocycles. The lowest BCUT2D eigenvalue weighted by molar-refractivity contribution is 0.599. The first-order valence-electron chi connectivity index (χ1n) is 4.28. The van der Waals surface area contributed by atoms with Gasteiger partial charge in [-0.2, -0.15) is 5.10 Å². The molecule has 12 heavy (non-hydrogen) atoms. The second kappa shape index (κ2) is 3.85. The zero-order valence-corrected chi connectivity index (χ0v) is 8.61. The maximum atomic E-state index is 5.02. The van der Waals surface area contributed by atoms with Crippen LogP contribution in [0.3, 0.4) is 0 Å². The molecule has 0 aliphatic heterocycles. The fourth-order valence-electron chi connectivity index (χ4n) is 1.36. The molecule has 1 rings (SSSR count). The maximum absolute atomic E-state index is 5.02. The lowest BCUT2D eigenvalue weighted by atomic mass is 10.1. The number of aromatic nitrogens is 3. The van der Waals surface area contributed by atoms with Crippen LogP contribution in [-0.4, -0.2) is 14.8 Å². The smallest absolute Gasteiger partial charge is 0.194 e. The molecule has 0 aromatic carbocycles. The van der Waals surface area contributed by atoms with E-state index in [0.29, 0.717) is 10.7 Å². The Hall–Kier alpha value is -0.640. The molecule has 1 aromatic heterocycles. The molecular weight excluding hydrogens is 170 g/mol. The van der Waals surface area contributed by atoms with E-state index in [2.05, 4.69) is 24.0 Å². The summed E-state index contributed by atoms with van der Waals surface area (Å²) in [5, 5.41) is 6.97. The van der Waals surface area contributed by atoms with Crippen LogP contribution in [0.1, 0.15) is 38.4 Å². The molecule has 1 aromatic rings. The van der Waals surface area contributed by atoms with Crippen molar-refractivity contribution in [2.75, 3.05) is 0 Å². The zero-order valence-electron chi connectivity index (χ0n) is 7.79. The molecule has 3 nitrogen and oxygen atoms in total. The Balaban J connectivity index is 2.87. The lowest BCUT2D eigenvalue weighted by Gasteiger charge is -2.07. The Morgan fingerprint density at radius 3 is 2.75 bits per heavy atom. The third-order valence-electron chi connectivity index (χ3n) is 2.08. The molecule has 0 fully saturated rings. The van der Waals surface area contributed by atoms with E-state index in [1.807, 2.05) is 11.6 Å². The Kier molecular flexibility index (Phi) is 3.03. The van der Waals surface area contributed by atoms with Gasteiger partial charge in [-0.25, -0.2) is 0 Å². The number of rotatable bonds is 3. The average molecular weight is 185 g/mol. The summed E-state index contributed by atoms with van der Waals surface area (Å²) in [5.74, 6) is 1.55. The van der Waals surface area contributed by atoms with Crippen LogP contribution in [0.15, 0.2) is 0 Å². The summed E-state index contributed by atoms with van der Waals surface area (Å²) in [6.07, 6.45) is 2.34. The Labute approximate surface area is 77.8 Å². The quantitative estimate of drug-likeness (QED) is 0.733. The highest BCUT2D eigenvalue weighted by molar-refractivity contribution is 7.71. The highest BCUT2D eigenvalue weighted by atomic mass is 32.1.